The van der Waals surface area contributed by atoms with Gasteiger partial charge >= 0.3 is 0 Å². The molecule has 4 rings (SSSR count). The first-order chi connectivity index (χ1) is 17.2. The summed E-state index contributed by atoms with van der Waals surface area (Å²) in [5.41, 5.74) is 0.891. The molecule has 1 aliphatic carbocycles. The van der Waals surface area contributed by atoms with Gasteiger partial charge in [-0.25, -0.2) is 12.7 Å². The summed E-state index contributed by atoms with van der Waals surface area (Å²) in [5.74, 6) is -1.27. The van der Waals surface area contributed by atoms with Crippen LogP contribution in [0.2, 0.25) is 5.02 Å². The third kappa shape index (κ3) is 5.42. The number of amides is 3. The molecule has 1 atom stereocenters. The van der Waals surface area contributed by atoms with E-state index in [0.717, 1.165) is 35.6 Å². The average molecular weight is 532 g/mol. The zero-order valence-corrected chi connectivity index (χ0v) is 21.7. The molecule has 192 valence electrons. The van der Waals surface area contributed by atoms with Crippen molar-refractivity contribution in [2.45, 2.75) is 69.0 Å². The Hall–Kier alpha value is -2.91. The van der Waals surface area contributed by atoms with Crippen LogP contribution in [-0.2, 0) is 26.2 Å². The van der Waals surface area contributed by atoms with Crippen LogP contribution in [0.4, 0.5) is 0 Å². The van der Waals surface area contributed by atoms with Crippen molar-refractivity contribution in [2.75, 3.05) is 6.54 Å². The number of nitrogens with zero attached hydrogens (tertiary/aromatic N) is 2. The van der Waals surface area contributed by atoms with E-state index in [9.17, 15) is 22.8 Å². The monoisotopic (exact) mass is 531 g/mol. The summed E-state index contributed by atoms with van der Waals surface area (Å²) in [5, 5.41) is 3.63. The molecule has 3 amide bonds. The van der Waals surface area contributed by atoms with E-state index in [1.807, 2.05) is 6.92 Å². The van der Waals surface area contributed by atoms with Crippen molar-refractivity contribution in [1.82, 2.24) is 14.5 Å². The predicted molar refractivity (Wildman–Crippen MR) is 136 cm³/mol. The summed E-state index contributed by atoms with van der Waals surface area (Å²) < 4.78 is 26.5. The smallest absolute Gasteiger partial charge is 0.269 e. The highest BCUT2D eigenvalue weighted by atomic mass is 35.5. The Bertz CT molecular complexity index is 1240. The Balaban J connectivity index is 1.53. The van der Waals surface area contributed by atoms with Crippen LogP contribution in [0.3, 0.4) is 0 Å². The summed E-state index contributed by atoms with van der Waals surface area (Å²) in [6.45, 7) is 1.70. The lowest BCUT2D eigenvalue weighted by Crippen LogP contribution is -2.51. The maximum absolute atomic E-state index is 13.5. The number of sulfonamides is 1. The normalized spacial score (nSPS) is 17.6. The summed E-state index contributed by atoms with van der Waals surface area (Å²) in [4.78, 5) is 40.9. The lowest BCUT2D eigenvalue weighted by Gasteiger charge is -2.32. The van der Waals surface area contributed by atoms with Gasteiger partial charge in [0.05, 0.1) is 5.56 Å². The first kappa shape index (κ1) is 26.2. The highest BCUT2D eigenvalue weighted by Gasteiger charge is 2.41. The Kier molecular flexibility index (Phi) is 8.00. The maximum Gasteiger partial charge on any atom is 0.269 e. The van der Waals surface area contributed by atoms with Crippen LogP contribution in [0.25, 0.3) is 0 Å². The number of nitrogens with one attached hydrogen (secondary N) is 1. The van der Waals surface area contributed by atoms with Crippen LogP contribution >= 0.6 is 11.6 Å². The van der Waals surface area contributed by atoms with Gasteiger partial charge in [0.2, 0.25) is 11.8 Å². The molecule has 2 aliphatic rings. The molecular formula is C26H30ClN3O5S. The van der Waals surface area contributed by atoms with E-state index < -0.39 is 27.9 Å². The molecule has 0 spiro atoms. The van der Waals surface area contributed by atoms with Crippen molar-refractivity contribution < 1.29 is 22.8 Å². The Labute approximate surface area is 216 Å². The number of carbonyl (C=O) groups excluding carboxylic acids is 3. The second-order valence-electron chi connectivity index (χ2n) is 9.19. The molecule has 0 bridgehead atoms. The molecule has 1 aliphatic heterocycles. The van der Waals surface area contributed by atoms with Gasteiger partial charge in [-0.3, -0.25) is 14.4 Å². The Morgan fingerprint density at radius 3 is 2.42 bits per heavy atom. The third-order valence-corrected chi connectivity index (χ3v) is 8.89. The van der Waals surface area contributed by atoms with E-state index in [4.69, 9.17) is 11.6 Å². The van der Waals surface area contributed by atoms with Gasteiger partial charge in [-0.05, 0) is 49.1 Å². The second kappa shape index (κ2) is 11.0. The number of carbonyl (C=O) groups is 3. The quantitative estimate of drug-likeness (QED) is 0.531. The predicted octanol–water partition coefficient (Wildman–Crippen LogP) is 3.74. The minimum Gasteiger partial charge on any atom is -0.352 e. The summed E-state index contributed by atoms with van der Waals surface area (Å²) in [7, 11) is -4.02. The van der Waals surface area contributed by atoms with Crippen LogP contribution in [0, 0.1) is 0 Å². The van der Waals surface area contributed by atoms with E-state index in [1.54, 1.807) is 36.4 Å². The molecule has 1 heterocycles. The number of hydrogen-bond donors (Lipinski definition) is 1. The Morgan fingerprint density at radius 1 is 1.11 bits per heavy atom. The minimum absolute atomic E-state index is 0.0529. The third-order valence-electron chi connectivity index (χ3n) is 6.79. The fourth-order valence-electron chi connectivity index (χ4n) is 4.87. The number of fused-ring (bicyclic) bond motifs is 1. The van der Waals surface area contributed by atoms with Gasteiger partial charge in [0.15, 0.2) is 0 Å². The van der Waals surface area contributed by atoms with Crippen molar-refractivity contribution >= 4 is 39.3 Å². The van der Waals surface area contributed by atoms with E-state index >= 15 is 0 Å². The fraction of sp³-hybridized carbons (Fsp3) is 0.423. The van der Waals surface area contributed by atoms with E-state index in [1.165, 1.54) is 17.0 Å². The molecule has 1 N–H and O–H groups in total. The van der Waals surface area contributed by atoms with Gasteiger partial charge in [-0.15, -0.1) is 0 Å². The van der Waals surface area contributed by atoms with Crippen LogP contribution in [0.5, 0.6) is 0 Å². The molecule has 36 heavy (non-hydrogen) atoms. The van der Waals surface area contributed by atoms with Gasteiger partial charge in [0.1, 0.15) is 10.9 Å². The number of rotatable bonds is 9. The van der Waals surface area contributed by atoms with Gasteiger partial charge in [-0.2, -0.15) is 0 Å². The van der Waals surface area contributed by atoms with E-state index in [2.05, 4.69) is 5.32 Å². The summed E-state index contributed by atoms with van der Waals surface area (Å²) in [6, 6.07) is 12.4. The fourth-order valence-corrected chi connectivity index (χ4v) is 6.56. The molecule has 0 radical (unpaired) electrons. The van der Waals surface area contributed by atoms with Gasteiger partial charge in [-0.1, -0.05) is 55.6 Å². The molecule has 1 fully saturated rings. The number of hydrogen-bond acceptors (Lipinski definition) is 5. The maximum atomic E-state index is 13.5. The molecule has 1 saturated carbocycles. The summed E-state index contributed by atoms with van der Waals surface area (Å²) >= 11 is 6.01. The molecular weight excluding hydrogens is 502 g/mol. The highest BCUT2D eigenvalue weighted by molar-refractivity contribution is 7.90. The first-order valence-electron chi connectivity index (χ1n) is 12.2. The molecule has 2 aromatic rings. The lowest BCUT2D eigenvalue weighted by atomic mass is 10.1. The number of benzene rings is 2. The Morgan fingerprint density at radius 2 is 1.78 bits per heavy atom. The van der Waals surface area contributed by atoms with Crippen molar-refractivity contribution in [3.8, 4) is 0 Å². The largest absolute Gasteiger partial charge is 0.352 e. The van der Waals surface area contributed by atoms with E-state index in [-0.39, 0.29) is 41.9 Å². The molecule has 10 heteroatoms. The highest BCUT2D eigenvalue weighted by Crippen LogP contribution is 2.30. The van der Waals surface area contributed by atoms with Gasteiger partial charge in [0, 0.05) is 30.6 Å². The van der Waals surface area contributed by atoms with Crippen LogP contribution in [0.15, 0.2) is 53.4 Å². The molecule has 0 aromatic heterocycles. The topological polar surface area (TPSA) is 104 Å². The molecule has 0 unspecified atom stereocenters. The molecule has 2 aromatic carbocycles. The number of halogens is 1. The van der Waals surface area contributed by atoms with Crippen LogP contribution < -0.4 is 5.32 Å². The second-order valence-corrected chi connectivity index (χ2v) is 11.5. The average Bonchev–Trinajstić information content (AvgIpc) is 3.43. The standard InChI is InChI=1S/C26H30ClN3O5S/c1-2-22(25(32)28-20-7-3-4-8-20)29(17-18-11-13-19(27)14-12-18)24(31)15-16-30-26(33)21-9-5-6-10-23(21)36(30,34)35/h5-6,9-14,20,22H,2-4,7-8,15-17H2,1H3,(H,28,32)/t22-/m0/s1. The van der Waals surface area contributed by atoms with Crippen molar-refractivity contribution in [1.29, 1.82) is 0 Å². The van der Waals surface area contributed by atoms with Crippen LogP contribution in [-0.4, -0.2) is 54.0 Å². The zero-order valence-electron chi connectivity index (χ0n) is 20.2. The van der Waals surface area contributed by atoms with Crippen molar-refractivity contribution in [2.24, 2.45) is 0 Å². The van der Waals surface area contributed by atoms with E-state index in [0.29, 0.717) is 11.4 Å². The summed E-state index contributed by atoms with van der Waals surface area (Å²) in [6.07, 6.45) is 4.13. The molecule has 8 nitrogen and oxygen atoms in total. The SMILES string of the molecule is CC[C@@H](C(=O)NC1CCCC1)N(Cc1ccc(Cl)cc1)C(=O)CCN1C(=O)c2ccccc2S1(=O)=O. The van der Waals surface area contributed by atoms with Crippen LogP contribution in [0.1, 0.15) is 61.4 Å². The van der Waals surface area contributed by atoms with Crippen molar-refractivity contribution in [3.63, 3.8) is 0 Å². The first-order valence-corrected chi connectivity index (χ1v) is 14.0. The van der Waals surface area contributed by atoms with Gasteiger partial charge in [0.25, 0.3) is 15.9 Å². The molecule has 0 saturated heterocycles. The van der Waals surface area contributed by atoms with Gasteiger partial charge < -0.3 is 10.2 Å². The minimum atomic E-state index is -4.02. The van der Waals surface area contributed by atoms with Crippen molar-refractivity contribution in [3.05, 3.63) is 64.7 Å². The zero-order chi connectivity index (χ0) is 25.9. The lowest BCUT2D eigenvalue weighted by molar-refractivity contribution is -0.141.